The summed E-state index contributed by atoms with van der Waals surface area (Å²) in [5, 5.41) is 5.17. The second kappa shape index (κ2) is 4.88. The fourth-order valence-electron chi connectivity index (χ4n) is 1.66. The lowest BCUT2D eigenvalue weighted by molar-refractivity contribution is 1.14. The van der Waals surface area contributed by atoms with E-state index >= 15 is 0 Å². The maximum Gasteiger partial charge on any atom is 0.101 e. The minimum atomic E-state index is 0.793. The lowest BCUT2D eigenvalue weighted by Crippen LogP contribution is -1.89. The van der Waals surface area contributed by atoms with Crippen molar-refractivity contribution < 1.29 is 0 Å². The highest BCUT2D eigenvalue weighted by atomic mass is 32.1. The van der Waals surface area contributed by atoms with E-state index in [1.807, 2.05) is 35.2 Å². The average Bonchev–Trinajstić information content (AvgIpc) is 3.02. The first-order valence-electron chi connectivity index (χ1n) is 5.48. The third-order valence-electron chi connectivity index (χ3n) is 2.58. The first-order chi connectivity index (χ1) is 8.81. The number of nitrogen functional groups attached to an aromatic ring is 1. The zero-order chi connectivity index (χ0) is 12.4. The third-order valence-corrected chi connectivity index (χ3v) is 4.02. The number of thiazole rings is 2. The molecule has 0 aliphatic rings. The van der Waals surface area contributed by atoms with E-state index in [0.29, 0.717) is 0 Å². The molecular weight excluding hydrogens is 262 g/mol. The summed E-state index contributed by atoms with van der Waals surface area (Å²) in [7, 11) is 0. The van der Waals surface area contributed by atoms with E-state index in [9.17, 15) is 0 Å². The van der Waals surface area contributed by atoms with Gasteiger partial charge in [-0.1, -0.05) is 12.1 Å². The van der Waals surface area contributed by atoms with Gasteiger partial charge in [0.05, 0.1) is 10.5 Å². The standard InChI is InChI=1S/C13H11N3S2/c14-10-3-1-9(2-4-10)5-13-16-12(7-18-13)11-6-17-8-15-11/h1-4,6-8H,5,14H2. The van der Waals surface area contributed by atoms with Crippen molar-refractivity contribution in [1.82, 2.24) is 9.97 Å². The van der Waals surface area contributed by atoms with Gasteiger partial charge in [0.1, 0.15) is 11.4 Å². The number of aromatic nitrogens is 2. The Morgan fingerprint density at radius 3 is 2.61 bits per heavy atom. The maximum absolute atomic E-state index is 5.67. The predicted molar refractivity (Wildman–Crippen MR) is 76.9 cm³/mol. The van der Waals surface area contributed by atoms with E-state index in [4.69, 9.17) is 5.73 Å². The van der Waals surface area contributed by atoms with Crippen LogP contribution in [0.25, 0.3) is 11.4 Å². The summed E-state index contributed by atoms with van der Waals surface area (Å²) in [4.78, 5) is 8.87. The fraction of sp³-hybridized carbons (Fsp3) is 0.0769. The van der Waals surface area contributed by atoms with Gasteiger partial charge in [0.15, 0.2) is 0 Å². The Balaban J connectivity index is 1.80. The van der Waals surface area contributed by atoms with Crippen LogP contribution in [0, 0.1) is 0 Å². The van der Waals surface area contributed by atoms with Crippen LogP contribution in [0.3, 0.4) is 0 Å². The molecule has 1 aromatic carbocycles. The van der Waals surface area contributed by atoms with Crippen molar-refractivity contribution in [3.8, 4) is 11.4 Å². The first kappa shape index (κ1) is 11.4. The summed E-state index contributed by atoms with van der Waals surface area (Å²) in [6.45, 7) is 0. The van der Waals surface area contributed by atoms with Crippen molar-refractivity contribution in [2.75, 3.05) is 5.73 Å². The van der Waals surface area contributed by atoms with Crippen LogP contribution < -0.4 is 5.73 Å². The van der Waals surface area contributed by atoms with Crippen molar-refractivity contribution in [3.05, 3.63) is 51.1 Å². The molecule has 5 heteroatoms. The van der Waals surface area contributed by atoms with Gasteiger partial charge in [-0.25, -0.2) is 9.97 Å². The number of nitrogens with two attached hydrogens (primary N) is 1. The Labute approximate surface area is 113 Å². The molecule has 3 rings (SSSR count). The molecule has 3 aromatic rings. The van der Waals surface area contributed by atoms with Crippen LogP contribution in [0.4, 0.5) is 5.69 Å². The SMILES string of the molecule is Nc1ccc(Cc2nc(-c3cscn3)cs2)cc1. The van der Waals surface area contributed by atoms with E-state index in [-0.39, 0.29) is 0 Å². The lowest BCUT2D eigenvalue weighted by Gasteiger charge is -1.98. The molecule has 2 N–H and O–H groups in total. The van der Waals surface area contributed by atoms with Crippen LogP contribution in [0.15, 0.2) is 40.5 Å². The zero-order valence-electron chi connectivity index (χ0n) is 9.54. The smallest absolute Gasteiger partial charge is 0.101 e. The number of nitrogens with zero attached hydrogens (tertiary/aromatic N) is 2. The van der Waals surface area contributed by atoms with E-state index in [1.54, 1.807) is 22.7 Å². The largest absolute Gasteiger partial charge is 0.399 e. The molecule has 0 saturated carbocycles. The molecule has 0 amide bonds. The van der Waals surface area contributed by atoms with Gasteiger partial charge in [0.2, 0.25) is 0 Å². The molecule has 90 valence electrons. The van der Waals surface area contributed by atoms with E-state index in [0.717, 1.165) is 28.5 Å². The molecule has 0 spiro atoms. The van der Waals surface area contributed by atoms with Crippen LogP contribution in [0.2, 0.25) is 0 Å². The first-order valence-corrected chi connectivity index (χ1v) is 7.31. The summed E-state index contributed by atoms with van der Waals surface area (Å²) < 4.78 is 0. The van der Waals surface area contributed by atoms with Gasteiger partial charge in [-0.05, 0) is 17.7 Å². The van der Waals surface area contributed by atoms with Crippen molar-refractivity contribution in [1.29, 1.82) is 0 Å². The maximum atomic E-state index is 5.67. The number of rotatable bonds is 3. The summed E-state index contributed by atoms with van der Waals surface area (Å²) in [6.07, 6.45) is 0.842. The van der Waals surface area contributed by atoms with E-state index in [2.05, 4.69) is 15.3 Å². The second-order valence-electron chi connectivity index (χ2n) is 3.92. The summed E-state index contributed by atoms with van der Waals surface area (Å²) in [6, 6.07) is 7.92. The Morgan fingerprint density at radius 2 is 1.89 bits per heavy atom. The van der Waals surface area contributed by atoms with Crippen molar-refractivity contribution in [2.24, 2.45) is 0 Å². The quantitative estimate of drug-likeness (QED) is 0.744. The molecule has 0 aliphatic heterocycles. The number of hydrogen-bond donors (Lipinski definition) is 1. The number of anilines is 1. The van der Waals surface area contributed by atoms with Crippen molar-refractivity contribution in [3.63, 3.8) is 0 Å². The van der Waals surface area contributed by atoms with Gasteiger partial charge in [-0.2, -0.15) is 0 Å². The molecule has 18 heavy (non-hydrogen) atoms. The van der Waals surface area contributed by atoms with Gasteiger partial charge in [-0.15, -0.1) is 22.7 Å². The fourth-order valence-corrected chi connectivity index (χ4v) is 3.03. The van der Waals surface area contributed by atoms with E-state index in [1.165, 1.54) is 5.56 Å². The molecule has 0 unspecified atom stereocenters. The molecule has 3 nitrogen and oxygen atoms in total. The van der Waals surface area contributed by atoms with Crippen molar-refractivity contribution >= 4 is 28.4 Å². The summed E-state index contributed by atoms with van der Waals surface area (Å²) in [5.41, 5.74) is 11.4. The Hall–Kier alpha value is -1.72. The van der Waals surface area contributed by atoms with Gasteiger partial charge >= 0.3 is 0 Å². The summed E-state index contributed by atoms with van der Waals surface area (Å²) in [5.74, 6) is 0. The van der Waals surface area contributed by atoms with Crippen LogP contribution >= 0.6 is 22.7 Å². The normalized spacial score (nSPS) is 10.7. The molecule has 0 fully saturated rings. The molecule has 0 atom stereocenters. The molecule has 2 aromatic heterocycles. The number of hydrogen-bond acceptors (Lipinski definition) is 5. The van der Waals surface area contributed by atoms with Gasteiger partial charge < -0.3 is 5.73 Å². The Bertz CT molecular complexity index is 627. The van der Waals surface area contributed by atoms with Crippen LogP contribution in [-0.4, -0.2) is 9.97 Å². The van der Waals surface area contributed by atoms with Crippen molar-refractivity contribution in [2.45, 2.75) is 6.42 Å². The Morgan fingerprint density at radius 1 is 1.06 bits per heavy atom. The minimum Gasteiger partial charge on any atom is -0.399 e. The minimum absolute atomic E-state index is 0.793. The third kappa shape index (κ3) is 2.42. The monoisotopic (exact) mass is 273 g/mol. The van der Waals surface area contributed by atoms with Crippen LogP contribution in [0.5, 0.6) is 0 Å². The highest BCUT2D eigenvalue weighted by Crippen LogP contribution is 2.23. The Kier molecular flexibility index (Phi) is 3.08. The average molecular weight is 273 g/mol. The van der Waals surface area contributed by atoms with E-state index < -0.39 is 0 Å². The number of benzene rings is 1. The highest BCUT2D eigenvalue weighted by Gasteiger charge is 2.06. The molecular formula is C13H11N3S2. The van der Waals surface area contributed by atoms with Crippen LogP contribution in [-0.2, 0) is 6.42 Å². The zero-order valence-corrected chi connectivity index (χ0v) is 11.2. The van der Waals surface area contributed by atoms with Gasteiger partial charge in [-0.3, -0.25) is 0 Å². The lowest BCUT2D eigenvalue weighted by atomic mass is 10.1. The van der Waals surface area contributed by atoms with Crippen LogP contribution in [0.1, 0.15) is 10.6 Å². The van der Waals surface area contributed by atoms with Gasteiger partial charge in [0.25, 0.3) is 0 Å². The molecule has 0 radical (unpaired) electrons. The predicted octanol–water partition coefficient (Wildman–Crippen LogP) is 3.44. The molecule has 0 saturated heterocycles. The second-order valence-corrected chi connectivity index (χ2v) is 5.58. The topological polar surface area (TPSA) is 51.8 Å². The highest BCUT2D eigenvalue weighted by molar-refractivity contribution is 7.10. The summed E-state index contributed by atoms with van der Waals surface area (Å²) >= 11 is 3.26. The molecule has 2 heterocycles. The molecule has 0 aliphatic carbocycles. The van der Waals surface area contributed by atoms with Gasteiger partial charge in [0, 0.05) is 22.9 Å². The molecule has 0 bridgehead atoms.